The zero-order chi connectivity index (χ0) is 21.4. The van der Waals surface area contributed by atoms with Crippen molar-refractivity contribution in [1.82, 2.24) is 24.2 Å². The molecule has 0 fully saturated rings. The van der Waals surface area contributed by atoms with Crippen LogP contribution in [0.1, 0.15) is 23.4 Å². The molecule has 0 unspecified atom stereocenters. The second-order valence-corrected chi connectivity index (χ2v) is 6.50. The van der Waals surface area contributed by atoms with Crippen LogP contribution in [0.15, 0.2) is 18.7 Å². The fraction of sp³-hybridized carbons (Fsp3) is 0.588. The number of carboxylic acid groups (broad SMARTS) is 1. The Hall–Kier alpha value is -2.44. The van der Waals surface area contributed by atoms with E-state index in [0.29, 0.717) is 13.2 Å². The summed E-state index contributed by atoms with van der Waals surface area (Å²) < 4.78 is 41.2. The van der Waals surface area contributed by atoms with Crippen molar-refractivity contribution in [1.29, 1.82) is 0 Å². The molecular weight excluding hydrogens is 395 g/mol. The first-order valence-electron chi connectivity index (χ1n) is 8.92. The van der Waals surface area contributed by atoms with E-state index in [4.69, 9.17) is 19.7 Å². The summed E-state index contributed by atoms with van der Waals surface area (Å²) in [5.41, 5.74) is 3.43. The van der Waals surface area contributed by atoms with Crippen molar-refractivity contribution in [3.8, 4) is 0 Å². The molecule has 29 heavy (non-hydrogen) atoms. The van der Waals surface area contributed by atoms with Gasteiger partial charge in [0.05, 0.1) is 43.7 Å². The highest BCUT2D eigenvalue weighted by Gasteiger charge is 2.38. The van der Waals surface area contributed by atoms with Crippen LogP contribution < -0.4 is 0 Å². The van der Waals surface area contributed by atoms with Gasteiger partial charge in [-0.3, -0.25) is 9.58 Å². The Labute approximate surface area is 165 Å². The normalized spacial score (nSPS) is 14.7. The maximum absolute atomic E-state index is 10.6. The van der Waals surface area contributed by atoms with Crippen molar-refractivity contribution in [3.63, 3.8) is 0 Å². The van der Waals surface area contributed by atoms with E-state index in [0.717, 1.165) is 38.3 Å². The number of aliphatic hydroxyl groups is 1. The van der Waals surface area contributed by atoms with Crippen molar-refractivity contribution in [3.05, 3.63) is 35.7 Å². The molecule has 2 N–H and O–H groups in total. The Morgan fingerprint density at radius 2 is 2.07 bits per heavy atom. The van der Waals surface area contributed by atoms with Gasteiger partial charge in [0.1, 0.15) is 0 Å². The summed E-state index contributed by atoms with van der Waals surface area (Å²) in [7, 11) is 1.94. The van der Waals surface area contributed by atoms with Crippen LogP contribution in [-0.4, -0.2) is 66.3 Å². The number of carboxylic acids is 1. The average molecular weight is 419 g/mol. The topological polar surface area (TPSA) is 106 Å². The molecule has 3 rings (SSSR count). The Morgan fingerprint density at radius 3 is 2.66 bits per heavy atom. The molecule has 2 aromatic rings. The van der Waals surface area contributed by atoms with Crippen LogP contribution >= 0.6 is 0 Å². The van der Waals surface area contributed by atoms with E-state index < -0.39 is 12.1 Å². The number of halogens is 3. The van der Waals surface area contributed by atoms with Gasteiger partial charge in [0.15, 0.2) is 0 Å². The number of aromatic nitrogens is 4. The van der Waals surface area contributed by atoms with E-state index in [2.05, 4.69) is 25.7 Å². The molecule has 0 radical (unpaired) electrons. The number of ether oxygens (including phenoxy) is 1. The number of carbonyl (C=O) groups is 1. The third-order valence-corrected chi connectivity index (χ3v) is 4.16. The lowest BCUT2D eigenvalue weighted by Gasteiger charge is -2.19. The molecule has 0 spiro atoms. The van der Waals surface area contributed by atoms with E-state index >= 15 is 0 Å². The van der Waals surface area contributed by atoms with Crippen LogP contribution in [0, 0.1) is 0 Å². The predicted octanol–water partition coefficient (Wildman–Crippen LogP) is 1.16. The zero-order valence-corrected chi connectivity index (χ0v) is 16.0. The Morgan fingerprint density at radius 1 is 1.34 bits per heavy atom. The number of hydrogen-bond acceptors (Lipinski definition) is 6. The number of alkyl halides is 3. The van der Waals surface area contributed by atoms with Gasteiger partial charge in [-0.25, -0.2) is 9.78 Å². The lowest BCUT2D eigenvalue weighted by atomic mass is 10.2. The largest absolute Gasteiger partial charge is 0.490 e. The third-order valence-electron chi connectivity index (χ3n) is 4.16. The Kier molecular flexibility index (Phi) is 8.17. The summed E-state index contributed by atoms with van der Waals surface area (Å²) in [6, 6.07) is 0. The first kappa shape index (κ1) is 22.8. The predicted molar refractivity (Wildman–Crippen MR) is 94.6 cm³/mol. The molecule has 1 aliphatic rings. The number of imidazole rings is 1. The van der Waals surface area contributed by atoms with E-state index in [-0.39, 0.29) is 6.61 Å². The minimum atomic E-state index is -5.08. The quantitative estimate of drug-likeness (QED) is 0.677. The van der Waals surface area contributed by atoms with Crippen molar-refractivity contribution >= 4 is 5.97 Å². The minimum absolute atomic E-state index is 0.0448. The molecule has 0 aromatic carbocycles. The number of aliphatic hydroxyl groups excluding tert-OH is 1. The van der Waals surface area contributed by atoms with Gasteiger partial charge in [-0.15, -0.1) is 0 Å². The number of aliphatic carboxylic acids is 1. The van der Waals surface area contributed by atoms with Gasteiger partial charge in [0.2, 0.25) is 0 Å². The second-order valence-electron chi connectivity index (χ2n) is 6.50. The molecule has 2 aromatic heterocycles. The molecule has 0 saturated carbocycles. The molecule has 0 saturated heterocycles. The number of aryl methyl sites for hydroxylation is 2. The zero-order valence-electron chi connectivity index (χ0n) is 16.0. The summed E-state index contributed by atoms with van der Waals surface area (Å²) in [6.07, 6.45) is 1.92. The smallest absolute Gasteiger partial charge is 0.475 e. The van der Waals surface area contributed by atoms with E-state index in [9.17, 15) is 13.2 Å². The number of hydrogen-bond donors (Lipinski definition) is 2. The molecular formula is C17H24F3N5O4. The van der Waals surface area contributed by atoms with Crippen LogP contribution in [0.2, 0.25) is 0 Å². The maximum Gasteiger partial charge on any atom is 0.490 e. The first-order valence-corrected chi connectivity index (χ1v) is 8.92. The molecule has 1 aliphatic heterocycles. The molecule has 0 aliphatic carbocycles. The monoisotopic (exact) mass is 419 g/mol. The maximum atomic E-state index is 10.6. The van der Waals surface area contributed by atoms with Crippen LogP contribution in [0.3, 0.4) is 0 Å². The van der Waals surface area contributed by atoms with Crippen molar-refractivity contribution in [2.45, 2.75) is 38.8 Å². The fourth-order valence-corrected chi connectivity index (χ4v) is 2.88. The van der Waals surface area contributed by atoms with Crippen molar-refractivity contribution in [2.75, 3.05) is 19.8 Å². The highest BCUT2D eigenvalue weighted by atomic mass is 19.4. The molecule has 9 nitrogen and oxygen atoms in total. The van der Waals surface area contributed by atoms with E-state index in [1.165, 1.54) is 11.3 Å². The Balaban J connectivity index is 0.000000370. The second kappa shape index (κ2) is 10.4. The highest BCUT2D eigenvalue weighted by molar-refractivity contribution is 5.73. The highest BCUT2D eigenvalue weighted by Crippen LogP contribution is 2.18. The number of rotatable bonds is 6. The van der Waals surface area contributed by atoms with Crippen LogP contribution in [0.25, 0.3) is 0 Å². The molecule has 162 valence electrons. The summed E-state index contributed by atoms with van der Waals surface area (Å²) in [6.45, 7) is 4.68. The van der Waals surface area contributed by atoms with Crippen LogP contribution in [-0.2, 0) is 42.8 Å². The third kappa shape index (κ3) is 7.15. The van der Waals surface area contributed by atoms with Crippen LogP contribution in [0.5, 0.6) is 0 Å². The molecule has 12 heteroatoms. The SMILES string of the molecule is Cn1cc(CN2CCCn3cnc(COCCO)c3C2)cn1.O=C(O)C(F)(F)F. The summed E-state index contributed by atoms with van der Waals surface area (Å²) >= 11 is 0. The molecule has 3 heterocycles. The van der Waals surface area contributed by atoms with Gasteiger partial charge in [-0.1, -0.05) is 0 Å². The fourth-order valence-electron chi connectivity index (χ4n) is 2.88. The van der Waals surface area contributed by atoms with Gasteiger partial charge in [-0.2, -0.15) is 18.3 Å². The summed E-state index contributed by atoms with van der Waals surface area (Å²) in [5, 5.41) is 20.2. The van der Waals surface area contributed by atoms with Gasteiger partial charge >= 0.3 is 12.1 Å². The lowest BCUT2D eigenvalue weighted by molar-refractivity contribution is -0.192. The van der Waals surface area contributed by atoms with Gasteiger partial charge in [-0.05, 0) is 6.42 Å². The molecule has 0 amide bonds. The van der Waals surface area contributed by atoms with Crippen molar-refractivity contribution in [2.24, 2.45) is 7.05 Å². The number of fused-ring (bicyclic) bond motifs is 1. The Bertz CT molecular complexity index is 790. The molecule has 0 atom stereocenters. The standard InChI is InChI=1S/C15H23N5O2.C2HF3O2/c1-18-8-13(7-17-18)9-19-3-2-4-20-12-16-14(15(20)10-19)11-22-6-5-21;3-2(4,5)1(6)7/h7-8,12,21H,2-6,9-11H2,1H3;(H,6,7). The van der Waals surface area contributed by atoms with Gasteiger partial charge < -0.3 is 19.5 Å². The van der Waals surface area contributed by atoms with Gasteiger partial charge in [0, 0.05) is 45.0 Å². The molecule has 0 bridgehead atoms. The first-order chi connectivity index (χ1) is 13.7. The van der Waals surface area contributed by atoms with E-state index in [1.54, 1.807) is 0 Å². The average Bonchev–Trinajstić information content (AvgIpc) is 3.15. The van der Waals surface area contributed by atoms with Crippen LogP contribution in [0.4, 0.5) is 13.2 Å². The number of nitrogens with zero attached hydrogens (tertiary/aromatic N) is 5. The van der Waals surface area contributed by atoms with E-state index in [1.807, 2.05) is 24.3 Å². The minimum Gasteiger partial charge on any atom is -0.475 e. The summed E-state index contributed by atoms with van der Waals surface area (Å²) in [4.78, 5) is 15.8. The van der Waals surface area contributed by atoms with Crippen molar-refractivity contribution < 1.29 is 32.9 Å². The lowest BCUT2D eigenvalue weighted by Crippen LogP contribution is -2.23. The summed E-state index contributed by atoms with van der Waals surface area (Å²) in [5.74, 6) is -2.76. The van der Waals surface area contributed by atoms with Gasteiger partial charge in [0.25, 0.3) is 0 Å².